The Hall–Kier alpha value is -0.770. The molecule has 0 unspecified atom stereocenters. The fourth-order valence-electron chi connectivity index (χ4n) is 2.60. The molecule has 5 heteroatoms. The number of nitrogens with two attached hydrogens (primary N) is 1. The number of hydrogen-bond donors (Lipinski definition) is 2. The highest BCUT2D eigenvalue weighted by molar-refractivity contribution is 6.30. The number of halogens is 2. The lowest BCUT2D eigenvalue weighted by Crippen LogP contribution is -2.52. The molecule has 1 aromatic carbocycles. The van der Waals surface area contributed by atoms with Gasteiger partial charge in [0.1, 0.15) is 0 Å². The highest BCUT2D eigenvalue weighted by Gasteiger charge is 2.33. The molecule has 0 spiro atoms. The van der Waals surface area contributed by atoms with Crippen LogP contribution in [0.2, 0.25) is 5.02 Å². The lowest BCUT2D eigenvalue weighted by atomic mass is 9.97. The standard InChI is InChI=1S/C14H19ClN2O.ClH/c15-12-5-3-4-11(8-12)9-13(18)17-14(10-16)6-1-2-7-14;/h3-5,8H,1-2,6-7,9-10,16H2,(H,17,18);1H. The summed E-state index contributed by atoms with van der Waals surface area (Å²) in [5, 5.41) is 3.76. The van der Waals surface area contributed by atoms with Gasteiger partial charge in [-0.3, -0.25) is 4.79 Å². The van der Waals surface area contributed by atoms with Gasteiger partial charge in [0.2, 0.25) is 5.91 Å². The van der Waals surface area contributed by atoms with Crippen molar-refractivity contribution >= 4 is 29.9 Å². The van der Waals surface area contributed by atoms with Gasteiger partial charge in [0, 0.05) is 11.6 Å². The molecule has 0 heterocycles. The van der Waals surface area contributed by atoms with E-state index in [0.717, 1.165) is 31.2 Å². The summed E-state index contributed by atoms with van der Waals surface area (Å²) in [5.74, 6) is 0.0321. The predicted molar refractivity (Wildman–Crippen MR) is 80.8 cm³/mol. The van der Waals surface area contributed by atoms with Gasteiger partial charge in [0.15, 0.2) is 0 Å². The topological polar surface area (TPSA) is 55.1 Å². The van der Waals surface area contributed by atoms with E-state index in [0.29, 0.717) is 18.0 Å². The summed E-state index contributed by atoms with van der Waals surface area (Å²) >= 11 is 5.90. The number of carbonyl (C=O) groups is 1. The van der Waals surface area contributed by atoms with Gasteiger partial charge in [0.25, 0.3) is 0 Å². The van der Waals surface area contributed by atoms with Crippen molar-refractivity contribution in [1.29, 1.82) is 0 Å². The Balaban J connectivity index is 0.00000180. The van der Waals surface area contributed by atoms with Crippen molar-refractivity contribution < 1.29 is 4.79 Å². The van der Waals surface area contributed by atoms with Crippen LogP contribution in [0.3, 0.4) is 0 Å². The maximum atomic E-state index is 12.0. The SMILES string of the molecule is Cl.NCC1(NC(=O)Cc2cccc(Cl)c2)CCCC1. The van der Waals surface area contributed by atoms with E-state index in [1.807, 2.05) is 18.2 Å². The van der Waals surface area contributed by atoms with Crippen LogP contribution in [-0.2, 0) is 11.2 Å². The van der Waals surface area contributed by atoms with E-state index >= 15 is 0 Å². The average molecular weight is 303 g/mol. The second kappa shape index (κ2) is 7.13. The van der Waals surface area contributed by atoms with Gasteiger partial charge in [-0.1, -0.05) is 36.6 Å². The Morgan fingerprint density at radius 1 is 1.37 bits per heavy atom. The third kappa shape index (κ3) is 4.37. The van der Waals surface area contributed by atoms with E-state index in [4.69, 9.17) is 17.3 Å². The van der Waals surface area contributed by atoms with E-state index in [-0.39, 0.29) is 23.9 Å². The highest BCUT2D eigenvalue weighted by atomic mass is 35.5. The second-order valence-electron chi connectivity index (χ2n) is 5.05. The number of carbonyl (C=O) groups excluding carboxylic acids is 1. The zero-order valence-corrected chi connectivity index (χ0v) is 12.4. The predicted octanol–water partition coefficient (Wildman–Crippen LogP) is 2.69. The number of rotatable bonds is 4. The molecule has 2 rings (SSSR count). The normalized spacial score (nSPS) is 16.7. The first-order valence-corrected chi connectivity index (χ1v) is 6.77. The summed E-state index contributed by atoms with van der Waals surface area (Å²) in [4.78, 5) is 12.0. The molecule has 0 bridgehead atoms. The Morgan fingerprint density at radius 3 is 2.63 bits per heavy atom. The lowest BCUT2D eigenvalue weighted by Gasteiger charge is -2.28. The minimum Gasteiger partial charge on any atom is -0.349 e. The van der Waals surface area contributed by atoms with Crippen molar-refractivity contribution in [1.82, 2.24) is 5.32 Å². The Morgan fingerprint density at radius 2 is 2.05 bits per heavy atom. The molecule has 0 saturated heterocycles. The zero-order chi connectivity index (χ0) is 13.0. The smallest absolute Gasteiger partial charge is 0.224 e. The van der Waals surface area contributed by atoms with Crippen LogP contribution in [0.25, 0.3) is 0 Å². The zero-order valence-electron chi connectivity index (χ0n) is 10.8. The molecule has 19 heavy (non-hydrogen) atoms. The van der Waals surface area contributed by atoms with Gasteiger partial charge in [-0.05, 0) is 30.5 Å². The van der Waals surface area contributed by atoms with Crippen LogP contribution in [0.5, 0.6) is 0 Å². The van der Waals surface area contributed by atoms with Gasteiger partial charge in [0.05, 0.1) is 12.0 Å². The molecule has 1 fully saturated rings. The van der Waals surface area contributed by atoms with Crippen LogP contribution < -0.4 is 11.1 Å². The summed E-state index contributed by atoms with van der Waals surface area (Å²) in [6.07, 6.45) is 4.64. The number of hydrogen-bond acceptors (Lipinski definition) is 2. The highest BCUT2D eigenvalue weighted by Crippen LogP contribution is 2.28. The molecule has 3 N–H and O–H groups in total. The van der Waals surface area contributed by atoms with E-state index < -0.39 is 0 Å². The Bertz CT molecular complexity index is 431. The summed E-state index contributed by atoms with van der Waals surface area (Å²) in [6.45, 7) is 0.522. The van der Waals surface area contributed by atoms with Crippen molar-refractivity contribution in [3.05, 3.63) is 34.9 Å². The van der Waals surface area contributed by atoms with Gasteiger partial charge in [-0.15, -0.1) is 12.4 Å². The largest absolute Gasteiger partial charge is 0.349 e. The minimum atomic E-state index is -0.171. The Labute approximate surface area is 125 Å². The molecule has 1 saturated carbocycles. The maximum Gasteiger partial charge on any atom is 0.224 e. The van der Waals surface area contributed by atoms with Crippen LogP contribution in [0.15, 0.2) is 24.3 Å². The molecule has 0 radical (unpaired) electrons. The fraction of sp³-hybridized carbons (Fsp3) is 0.500. The van der Waals surface area contributed by atoms with Gasteiger partial charge in [-0.25, -0.2) is 0 Å². The Kier molecular flexibility index (Phi) is 6.11. The third-order valence-electron chi connectivity index (χ3n) is 3.61. The number of benzene rings is 1. The monoisotopic (exact) mass is 302 g/mol. The summed E-state index contributed by atoms with van der Waals surface area (Å²) in [5.41, 5.74) is 6.56. The van der Waals surface area contributed by atoms with Crippen molar-refractivity contribution in [3.8, 4) is 0 Å². The fourth-order valence-corrected chi connectivity index (χ4v) is 2.82. The first kappa shape index (κ1) is 16.3. The molecular formula is C14H20Cl2N2O. The van der Waals surface area contributed by atoms with E-state index in [1.54, 1.807) is 6.07 Å². The summed E-state index contributed by atoms with van der Waals surface area (Å²) in [6, 6.07) is 7.40. The summed E-state index contributed by atoms with van der Waals surface area (Å²) in [7, 11) is 0. The first-order valence-electron chi connectivity index (χ1n) is 6.39. The second-order valence-corrected chi connectivity index (χ2v) is 5.48. The van der Waals surface area contributed by atoms with E-state index in [2.05, 4.69) is 5.32 Å². The van der Waals surface area contributed by atoms with Crippen molar-refractivity contribution in [2.24, 2.45) is 5.73 Å². The van der Waals surface area contributed by atoms with Gasteiger partial charge >= 0.3 is 0 Å². The molecule has 1 aliphatic rings. The van der Waals surface area contributed by atoms with Crippen molar-refractivity contribution in [3.63, 3.8) is 0 Å². The molecule has 1 amide bonds. The van der Waals surface area contributed by atoms with Crippen LogP contribution in [0, 0.1) is 0 Å². The van der Waals surface area contributed by atoms with Gasteiger partial charge in [-0.2, -0.15) is 0 Å². The van der Waals surface area contributed by atoms with Crippen LogP contribution >= 0.6 is 24.0 Å². The van der Waals surface area contributed by atoms with E-state index in [1.165, 1.54) is 0 Å². The molecule has 1 aliphatic carbocycles. The molecule has 0 aromatic heterocycles. The minimum absolute atomic E-state index is 0. The van der Waals surface area contributed by atoms with Crippen LogP contribution in [-0.4, -0.2) is 18.0 Å². The van der Waals surface area contributed by atoms with Crippen molar-refractivity contribution in [2.45, 2.75) is 37.6 Å². The molecule has 3 nitrogen and oxygen atoms in total. The molecule has 1 aromatic rings. The van der Waals surface area contributed by atoms with Crippen LogP contribution in [0.1, 0.15) is 31.2 Å². The quantitative estimate of drug-likeness (QED) is 0.898. The molecule has 106 valence electrons. The third-order valence-corrected chi connectivity index (χ3v) is 3.84. The number of nitrogens with one attached hydrogen (secondary N) is 1. The first-order chi connectivity index (χ1) is 8.63. The maximum absolute atomic E-state index is 12.0. The van der Waals surface area contributed by atoms with E-state index in [9.17, 15) is 4.79 Å². The van der Waals surface area contributed by atoms with Crippen molar-refractivity contribution in [2.75, 3.05) is 6.54 Å². The van der Waals surface area contributed by atoms with Crippen LogP contribution in [0.4, 0.5) is 0 Å². The average Bonchev–Trinajstić information content (AvgIpc) is 2.78. The lowest BCUT2D eigenvalue weighted by molar-refractivity contribution is -0.122. The molecule has 0 atom stereocenters. The molecular weight excluding hydrogens is 283 g/mol. The number of amides is 1. The van der Waals surface area contributed by atoms with Gasteiger partial charge < -0.3 is 11.1 Å². The summed E-state index contributed by atoms with van der Waals surface area (Å²) < 4.78 is 0. The molecule has 0 aliphatic heterocycles.